The second-order valence-electron chi connectivity index (χ2n) is 4.61. The molecule has 2 nitrogen and oxygen atoms in total. The Bertz CT molecular complexity index is 526. The first-order chi connectivity index (χ1) is 9.20. The van der Waals surface area contributed by atoms with Crippen LogP contribution in [0, 0.1) is 6.92 Å². The highest BCUT2D eigenvalue weighted by molar-refractivity contribution is 7.98. The molecule has 0 fully saturated rings. The summed E-state index contributed by atoms with van der Waals surface area (Å²) in [5, 5.41) is 1.06. The van der Waals surface area contributed by atoms with E-state index in [1.54, 1.807) is 11.8 Å². The Morgan fingerprint density at radius 3 is 2.53 bits per heavy atom. The van der Waals surface area contributed by atoms with Gasteiger partial charge < -0.3 is 5.73 Å². The predicted molar refractivity (Wildman–Crippen MR) is 82.2 cm³/mol. The minimum absolute atomic E-state index is 0.0978. The first-order valence-electron chi connectivity index (χ1n) is 6.60. The number of pyridine rings is 1. The van der Waals surface area contributed by atoms with Crippen molar-refractivity contribution < 1.29 is 0 Å². The van der Waals surface area contributed by atoms with E-state index in [0.717, 1.165) is 28.5 Å². The normalized spacial score (nSPS) is 12.4. The summed E-state index contributed by atoms with van der Waals surface area (Å²) in [6.45, 7) is 4.14. The first kappa shape index (κ1) is 14.1. The number of aryl methyl sites for hydroxylation is 1. The fraction of sp³-hybridized carbons (Fsp3) is 0.312. The molecule has 0 aliphatic rings. The van der Waals surface area contributed by atoms with E-state index in [2.05, 4.69) is 48.3 Å². The second kappa shape index (κ2) is 6.73. The monoisotopic (exact) mass is 272 g/mol. The van der Waals surface area contributed by atoms with E-state index in [-0.39, 0.29) is 6.04 Å². The molecule has 0 bridgehead atoms. The van der Waals surface area contributed by atoms with Crippen LogP contribution < -0.4 is 5.73 Å². The van der Waals surface area contributed by atoms with Crippen LogP contribution in [0.3, 0.4) is 0 Å². The van der Waals surface area contributed by atoms with Crippen LogP contribution in [0.25, 0.3) is 0 Å². The summed E-state index contributed by atoms with van der Waals surface area (Å²) >= 11 is 1.76. The number of hydrogen-bond donors (Lipinski definition) is 1. The average molecular weight is 272 g/mol. The third kappa shape index (κ3) is 3.82. The van der Waals surface area contributed by atoms with Crippen LogP contribution in [-0.2, 0) is 5.75 Å². The number of nitrogens with two attached hydrogens (primary N) is 1. The van der Waals surface area contributed by atoms with Gasteiger partial charge in [-0.15, -0.1) is 11.8 Å². The molecule has 0 aliphatic heterocycles. The zero-order valence-corrected chi connectivity index (χ0v) is 12.3. The van der Waals surface area contributed by atoms with Crippen molar-refractivity contribution in [3.8, 4) is 0 Å². The van der Waals surface area contributed by atoms with Crippen molar-refractivity contribution in [1.82, 2.24) is 4.98 Å². The molecule has 0 saturated heterocycles. The summed E-state index contributed by atoms with van der Waals surface area (Å²) in [5.74, 6) is 0.951. The lowest BCUT2D eigenvalue weighted by molar-refractivity contribution is 0.686. The summed E-state index contributed by atoms with van der Waals surface area (Å²) in [4.78, 5) is 4.64. The van der Waals surface area contributed by atoms with Gasteiger partial charge in [-0.1, -0.05) is 43.3 Å². The van der Waals surface area contributed by atoms with Gasteiger partial charge in [0.05, 0.1) is 5.03 Å². The van der Waals surface area contributed by atoms with Gasteiger partial charge in [0.25, 0.3) is 0 Å². The van der Waals surface area contributed by atoms with Gasteiger partial charge in [0, 0.05) is 17.5 Å². The van der Waals surface area contributed by atoms with E-state index >= 15 is 0 Å². The van der Waals surface area contributed by atoms with Crippen molar-refractivity contribution in [3.63, 3.8) is 0 Å². The highest BCUT2D eigenvalue weighted by Gasteiger charge is 2.08. The molecule has 19 heavy (non-hydrogen) atoms. The minimum atomic E-state index is 0.0978. The van der Waals surface area contributed by atoms with E-state index in [4.69, 9.17) is 5.73 Å². The smallest absolute Gasteiger partial charge is 0.0966 e. The standard InChI is InChI=1S/C16H20N2S/c1-3-15(17)14-9-10-16(18-12(14)2)19-11-13-7-5-4-6-8-13/h4-10,15H,3,11,17H2,1-2H3/t15-/m1/s1. The zero-order chi connectivity index (χ0) is 13.7. The van der Waals surface area contributed by atoms with Crippen molar-refractivity contribution in [2.24, 2.45) is 5.73 Å². The van der Waals surface area contributed by atoms with Gasteiger partial charge in [0.1, 0.15) is 0 Å². The van der Waals surface area contributed by atoms with Crippen molar-refractivity contribution in [2.45, 2.75) is 37.1 Å². The number of rotatable bonds is 5. The number of nitrogens with zero attached hydrogens (tertiary/aromatic N) is 1. The van der Waals surface area contributed by atoms with E-state index in [1.807, 2.05) is 13.0 Å². The van der Waals surface area contributed by atoms with Crippen LogP contribution in [0.1, 0.15) is 36.2 Å². The molecule has 0 radical (unpaired) electrons. The van der Waals surface area contributed by atoms with Gasteiger partial charge in [-0.05, 0) is 30.5 Å². The van der Waals surface area contributed by atoms with Gasteiger partial charge in [0.15, 0.2) is 0 Å². The molecule has 0 spiro atoms. The van der Waals surface area contributed by atoms with Crippen LogP contribution in [0.4, 0.5) is 0 Å². The van der Waals surface area contributed by atoms with Crippen LogP contribution >= 0.6 is 11.8 Å². The fourth-order valence-corrected chi connectivity index (χ4v) is 2.85. The lowest BCUT2D eigenvalue weighted by atomic mass is 10.0. The Balaban J connectivity index is 2.04. The Morgan fingerprint density at radius 1 is 1.16 bits per heavy atom. The summed E-state index contributed by atoms with van der Waals surface area (Å²) in [5.41, 5.74) is 9.59. The molecule has 2 N–H and O–H groups in total. The third-order valence-electron chi connectivity index (χ3n) is 3.17. The molecule has 2 aromatic rings. The molecule has 0 amide bonds. The van der Waals surface area contributed by atoms with E-state index in [1.165, 1.54) is 5.56 Å². The van der Waals surface area contributed by atoms with Crippen LogP contribution in [0.15, 0.2) is 47.5 Å². The van der Waals surface area contributed by atoms with Crippen LogP contribution in [0.5, 0.6) is 0 Å². The Labute approximate surface area is 119 Å². The minimum Gasteiger partial charge on any atom is -0.324 e. The highest BCUT2D eigenvalue weighted by atomic mass is 32.2. The number of hydrogen-bond acceptors (Lipinski definition) is 3. The predicted octanol–water partition coefficient (Wildman–Crippen LogP) is 4.09. The third-order valence-corrected chi connectivity index (χ3v) is 4.17. The lowest BCUT2D eigenvalue weighted by Gasteiger charge is -2.12. The first-order valence-corrected chi connectivity index (χ1v) is 7.59. The maximum atomic E-state index is 6.06. The molecule has 1 heterocycles. The molecule has 0 saturated carbocycles. The van der Waals surface area contributed by atoms with Crippen LogP contribution in [-0.4, -0.2) is 4.98 Å². The second-order valence-corrected chi connectivity index (χ2v) is 5.61. The van der Waals surface area contributed by atoms with E-state index in [9.17, 15) is 0 Å². The summed E-state index contributed by atoms with van der Waals surface area (Å²) < 4.78 is 0. The Morgan fingerprint density at radius 2 is 1.89 bits per heavy atom. The van der Waals surface area contributed by atoms with Crippen molar-refractivity contribution in [2.75, 3.05) is 0 Å². The van der Waals surface area contributed by atoms with Gasteiger partial charge in [-0.25, -0.2) is 4.98 Å². The molecular formula is C16H20N2S. The zero-order valence-electron chi connectivity index (χ0n) is 11.5. The number of benzene rings is 1. The molecule has 1 aromatic heterocycles. The maximum Gasteiger partial charge on any atom is 0.0966 e. The van der Waals surface area contributed by atoms with Crippen molar-refractivity contribution >= 4 is 11.8 Å². The molecule has 2 rings (SSSR count). The fourth-order valence-electron chi connectivity index (χ4n) is 1.97. The van der Waals surface area contributed by atoms with Crippen molar-refractivity contribution in [3.05, 3.63) is 59.3 Å². The molecule has 0 unspecified atom stereocenters. The summed E-state index contributed by atoms with van der Waals surface area (Å²) in [6.07, 6.45) is 0.943. The maximum absolute atomic E-state index is 6.06. The van der Waals surface area contributed by atoms with Gasteiger partial charge in [-0.3, -0.25) is 0 Å². The molecule has 100 valence electrons. The Kier molecular flexibility index (Phi) is 5.00. The molecule has 1 aromatic carbocycles. The van der Waals surface area contributed by atoms with Crippen molar-refractivity contribution in [1.29, 1.82) is 0 Å². The summed E-state index contributed by atoms with van der Waals surface area (Å²) in [7, 11) is 0. The number of aromatic nitrogens is 1. The quantitative estimate of drug-likeness (QED) is 0.833. The topological polar surface area (TPSA) is 38.9 Å². The average Bonchev–Trinajstić information content (AvgIpc) is 2.45. The van der Waals surface area contributed by atoms with Gasteiger partial charge in [-0.2, -0.15) is 0 Å². The van der Waals surface area contributed by atoms with Gasteiger partial charge >= 0.3 is 0 Å². The summed E-state index contributed by atoms with van der Waals surface area (Å²) in [6, 6.07) is 14.7. The van der Waals surface area contributed by atoms with E-state index < -0.39 is 0 Å². The SMILES string of the molecule is CC[C@@H](N)c1ccc(SCc2ccccc2)nc1C. The Hall–Kier alpha value is -1.32. The number of thioether (sulfide) groups is 1. The van der Waals surface area contributed by atoms with Gasteiger partial charge in [0.2, 0.25) is 0 Å². The molecule has 3 heteroatoms. The van der Waals surface area contributed by atoms with E-state index in [0.29, 0.717) is 0 Å². The lowest BCUT2D eigenvalue weighted by Crippen LogP contribution is -2.11. The molecular weight excluding hydrogens is 252 g/mol. The molecule has 1 atom stereocenters. The highest BCUT2D eigenvalue weighted by Crippen LogP contribution is 2.24. The largest absolute Gasteiger partial charge is 0.324 e. The molecule has 0 aliphatic carbocycles. The van der Waals surface area contributed by atoms with Crippen LogP contribution in [0.2, 0.25) is 0 Å².